The first-order chi connectivity index (χ1) is 11.2. The highest BCUT2D eigenvalue weighted by Crippen LogP contribution is 2.33. The van der Waals surface area contributed by atoms with Crippen molar-refractivity contribution in [3.8, 4) is 0 Å². The van der Waals surface area contributed by atoms with Gasteiger partial charge in [0.1, 0.15) is 0 Å². The molecule has 0 aromatic heterocycles. The highest BCUT2D eigenvalue weighted by atomic mass is 16.3. The first-order valence-corrected chi connectivity index (χ1v) is 8.58. The lowest BCUT2D eigenvalue weighted by Crippen LogP contribution is -2.52. The highest BCUT2D eigenvalue weighted by molar-refractivity contribution is 5.96. The number of likely N-dealkylation sites (tertiary alicyclic amines) is 1. The molecular weight excluding hydrogens is 304 g/mol. The molecule has 0 bridgehead atoms. The van der Waals surface area contributed by atoms with Crippen LogP contribution in [-0.4, -0.2) is 40.5 Å². The van der Waals surface area contributed by atoms with E-state index in [1.165, 1.54) is 6.92 Å². The Labute approximate surface area is 144 Å². The van der Waals surface area contributed by atoms with E-state index in [1.54, 1.807) is 24.3 Å². The molecule has 1 heterocycles. The number of amides is 2. The van der Waals surface area contributed by atoms with Gasteiger partial charge in [-0.25, -0.2) is 0 Å². The molecule has 24 heavy (non-hydrogen) atoms. The van der Waals surface area contributed by atoms with Crippen molar-refractivity contribution in [3.05, 3.63) is 29.8 Å². The van der Waals surface area contributed by atoms with E-state index in [2.05, 4.69) is 19.2 Å². The zero-order valence-corrected chi connectivity index (χ0v) is 15.0. The number of aliphatic hydroxyl groups is 1. The molecule has 2 atom stereocenters. The molecule has 0 aliphatic carbocycles. The van der Waals surface area contributed by atoms with Crippen molar-refractivity contribution in [2.45, 2.75) is 46.1 Å². The molecule has 1 fully saturated rings. The lowest BCUT2D eigenvalue weighted by Gasteiger charge is -2.43. The Morgan fingerprint density at radius 2 is 2.12 bits per heavy atom. The van der Waals surface area contributed by atoms with Gasteiger partial charge in [0.05, 0.1) is 5.60 Å². The Balaban J connectivity index is 2.13. The molecular formula is C19H28N2O3. The molecule has 1 aromatic rings. The van der Waals surface area contributed by atoms with Crippen LogP contribution >= 0.6 is 0 Å². The smallest absolute Gasteiger partial charge is 0.253 e. The van der Waals surface area contributed by atoms with Gasteiger partial charge in [0.15, 0.2) is 0 Å². The maximum absolute atomic E-state index is 12.8. The maximum atomic E-state index is 12.8. The summed E-state index contributed by atoms with van der Waals surface area (Å²) in [5.74, 6) is 0.338. The number of carbonyl (C=O) groups excluding carboxylic acids is 2. The van der Waals surface area contributed by atoms with Gasteiger partial charge in [-0.1, -0.05) is 19.9 Å². The van der Waals surface area contributed by atoms with E-state index >= 15 is 0 Å². The summed E-state index contributed by atoms with van der Waals surface area (Å²) in [6, 6.07) is 7.00. The summed E-state index contributed by atoms with van der Waals surface area (Å²) >= 11 is 0. The third kappa shape index (κ3) is 4.57. The topological polar surface area (TPSA) is 69.6 Å². The summed E-state index contributed by atoms with van der Waals surface area (Å²) in [7, 11) is 0. The van der Waals surface area contributed by atoms with E-state index in [1.807, 2.05) is 11.8 Å². The molecule has 5 heteroatoms. The van der Waals surface area contributed by atoms with Crippen LogP contribution in [0.15, 0.2) is 24.3 Å². The lowest BCUT2D eigenvalue weighted by molar-refractivity contribution is -0.114. The normalized spacial score (nSPS) is 24.1. The fraction of sp³-hybridized carbons (Fsp3) is 0.579. The second-order valence-corrected chi connectivity index (χ2v) is 7.45. The summed E-state index contributed by atoms with van der Waals surface area (Å²) in [6.07, 6.45) is 1.48. The van der Waals surface area contributed by atoms with E-state index in [4.69, 9.17) is 0 Å². The molecule has 1 aliphatic rings. The van der Waals surface area contributed by atoms with Gasteiger partial charge in [-0.05, 0) is 43.9 Å². The van der Waals surface area contributed by atoms with Gasteiger partial charge in [-0.2, -0.15) is 0 Å². The minimum Gasteiger partial charge on any atom is -0.390 e. The van der Waals surface area contributed by atoms with Crippen LogP contribution in [0.3, 0.4) is 0 Å². The molecule has 2 rings (SSSR count). The summed E-state index contributed by atoms with van der Waals surface area (Å²) in [4.78, 5) is 25.8. The average molecular weight is 332 g/mol. The Bertz CT molecular complexity index is 610. The lowest BCUT2D eigenvalue weighted by atomic mass is 9.78. The molecule has 0 unspecified atom stereocenters. The molecule has 1 saturated heterocycles. The van der Waals surface area contributed by atoms with Gasteiger partial charge in [0.25, 0.3) is 5.91 Å². The number of hydrogen-bond donors (Lipinski definition) is 2. The number of piperidine rings is 1. The van der Waals surface area contributed by atoms with Crippen LogP contribution in [-0.2, 0) is 4.79 Å². The van der Waals surface area contributed by atoms with Crippen LogP contribution in [0.2, 0.25) is 0 Å². The Hall–Kier alpha value is -1.88. The second-order valence-electron chi connectivity index (χ2n) is 7.45. The van der Waals surface area contributed by atoms with Crippen LogP contribution in [0.5, 0.6) is 0 Å². The van der Waals surface area contributed by atoms with E-state index in [0.717, 1.165) is 6.42 Å². The summed E-state index contributed by atoms with van der Waals surface area (Å²) < 4.78 is 0. The van der Waals surface area contributed by atoms with Crippen LogP contribution in [0.1, 0.15) is 50.9 Å². The number of nitrogens with zero attached hydrogens (tertiary/aromatic N) is 1. The third-order valence-electron chi connectivity index (χ3n) is 4.68. The summed E-state index contributed by atoms with van der Waals surface area (Å²) in [6.45, 7) is 8.69. The van der Waals surface area contributed by atoms with Crippen molar-refractivity contribution in [2.75, 3.05) is 18.4 Å². The van der Waals surface area contributed by atoms with Crippen molar-refractivity contribution >= 4 is 17.5 Å². The zero-order chi connectivity index (χ0) is 17.9. The minimum atomic E-state index is -0.723. The van der Waals surface area contributed by atoms with Gasteiger partial charge in [-0.15, -0.1) is 0 Å². The fourth-order valence-electron chi connectivity index (χ4n) is 3.32. The predicted molar refractivity (Wildman–Crippen MR) is 94.8 cm³/mol. The monoisotopic (exact) mass is 332 g/mol. The van der Waals surface area contributed by atoms with Crippen LogP contribution < -0.4 is 5.32 Å². The number of rotatable bonds is 4. The molecule has 132 valence electrons. The summed E-state index contributed by atoms with van der Waals surface area (Å²) in [5.41, 5.74) is 0.459. The second kappa shape index (κ2) is 7.34. The number of nitrogens with one attached hydrogen (secondary N) is 1. The average Bonchev–Trinajstić information content (AvgIpc) is 2.48. The quantitative estimate of drug-likeness (QED) is 0.891. The van der Waals surface area contributed by atoms with E-state index in [9.17, 15) is 14.7 Å². The minimum absolute atomic E-state index is 0.0496. The molecule has 5 nitrogen and oxygen atoms in total. The van der Waals surface area contributed by atoms with Crippen molar-refractivity contribution in [3.63, 3.8) is 0 Å². The molecule has 2 N–H and O–H groups in total. The van der Waals surface area contributed by atoms with Gasteiger partial charge in [0, 0.05) is 37.2 Å². The summed E-state index contributed by atoms with van der Waals surface area (Å²) in [5, 5.41) is 13.3. The molecule has 1 aromatic carbocycles. The molecule has 1 aliphatic heterocycles. The van der Waals surface area contributed by atoms with Crippen LogP contribution in [0.4, 0.5) is 5.69 Å². The van der Waals surface area contributed by atoms with E-state index in [-0.39, 0.29) is 17.7 Å². The molecule has 0 spiro atoms. The first kappa shape index (κ1) is 18.5. The van der Waals surface area contributed by atoms with Gasteiger partial charge in [0.2, 0.25) is 5.91 Å². The van der Waals surface area contributed by atoms with Gasteiger partial charge in [-0.3, -0.25) is 9.59 Å². The molecule has 0 radical (unpaired) electrons. The molecule has 2 amide bonds. The van der Waals surface area contributed by atoms with Gasteiger partial charge >= 0.3 is 0 Å². The Morgan fingerprint density at radius 1 is 1.42 bits per heavy atom. The SMILES string of the molecule is CC(=O)Nc1cccc(C(=O)N2CC[C@](C)(O)[C@H](CC(C)C)C2)c1. The van der Waals surface area contributed by atoms with E-state index in [0.29, 0.717) is 36.7 Å². The number of carbonyl (C=O) groups is 2. The number of hydrogen-bond acceptors (Lipinski definition) is 3. The standard InChI is InChI=1S/C19H28N2O3/c1-13(2)10-16-12-21(9-8-19(16,4)24)18(23)15-6-5-7-17(11-15)20-14(3)22/h5-7,11,13,16,24H,8-10,12H2,1-4H3,(H,20,22)/t16-,19+/m1/s1. The van der Waals surface area contributed by atoms with Crippen LogP contribution in [0.25, 0.3) is 0 Å². The van der Waals surface area contributed by atoms with Crippen molar-refractivity contribution in [2.24, 2.45) is 11.8 Å². The fourth-order valence-corrected chi connectivity index (χ4v) is 3.32. The zero-order valence-electron chi connectivity index (χ0n) is 15.0. The van der Waals surface area contributed by atoms with E-state index < -0.39 is 5.60 Å². The molecule has 0 saturated carbocycles. The first-order valence-electron chi connectivity index (χ1n) is 8.58. The predicted octanol–water partition coefficient (Wildman–Crippen LogP) is 2.90. The van der Waals surface area contributed by atoms with Crippen LogP contribution in [0, 0.1) is 11.8 Å². The van der Waals surface area contributed by atoms with Crippen molar-refractivity contribution in [1.29, 1.82) is 0 Å². The van der Waals surface area contributed by atoms with Crippen molar-refractivity contribution in [1.82, 2.24) is 4.90 Å². The number of anilines is 1. The Morgan fingerprint density at radius 3 is 2.75 bits per heavy atom. The highest BCUT2D eigenvalue weighted by Gasteiger charge is 2.39. The number of benzene rings is 1. The van der Waals surface area contributed by atoms with Crippen molar-refractivity contribution < 1.29 is 14.7 Å². The largest absolute Gasteiger partial charge is 0.390 e. The third-order valence-corrected chi connectivity index (χ3v) is 4.68. The van der Waals surface area contributed by atoms with Gasteiger partial charge < -0.3 is 15.3 Å². The maximum Gasteiger partial charge on any atom is 0.253 e. The Kier molecular flexibility index (Phi) is 5.65.